The minimum atomic E-state index is 0. The number of pyridine rings is 1. The molecule has 2 aromatic rings. The molecule has 0 amide bonds. The van der Waals surface area contributed by atoms with Crippen molar-refractivity contribution in [3.05, 3.63) is 35.6 Å². The lowest BCUT2D eigenvalue weighted by Crippen LogP contribution is -2.48. The number of piperidine rings is 1. The van der Waals surface area contributed by atoms with Crippen molar-refractivity contribution >= 4 is 35.8 Å². The smallest absolute Gasteiger partial charge is 0.223 e. The van der Waals surface area contributed by atoms with Crippen molar-refractivity contribution in [1.29, 1.82) is 0 Å². The van der Waals surface area contributed by atoms with Crippen LogP contribution in [-0.2, 0) is 6.54 Å². The second kappa shape index (κ2) is 9.70. The van der Waals surface area contributed by atoms with Crippen LogP contribution in [0.25, 0.3) is 0 Å². The highest BCUT2D eigenvalue weighted by Crippen LogP contribution is 2.18. The quantitative estimate of drug-likeness (QED) is 0.401. The molecule has 142 valence electrons. The molecular formula is C17H26IN7O. The molecule has 1 aliphatic rings. The predicted octanol–water partition coefficient (Wildman–Crippen LogP) is 2.03. The van der Waals surface area contributed by atoms with E-state index in [4.69, 9.17) is 4.52 Å². The van der Waals surface area contributed by atoms with Gasteiger partial charge in [0.05, 0.1) is 6.54 Å². The van der Waals surface area contributed by atoms with E-state index in [1.165, 1.54) is 0 Å². The van der Waals surface area contributed by atoms with Gasteiger partial charge in [0, 0.05) is 38.8 Å². The van der Waals surface area contributed by atoms with Crippen LogP contribution in [0.15, 0.2) is 27.7 Å². The van der Waals surface area contributed by atoms with Crippen molar-refractivity contribution in [1.82, 2.24) is 25.8 Å². The van der Waals surface area contributed by atoms with Crippen molar-refractivity contribution in [3.8, 4) is 0 Å². The first-order valence-corrected chi connectivity index (χ1v) is 8.59. The molecule has 2 N–H and O–H groups in total. The Hall–Kier alpha value is -1.91. The highest BCUT2D eigenvalue weighted by atomic mass is 127. The van der Waals surface area contributed by atoms with Crippen LogP contribution in [0.3, 0.4) is 0 Å². The van der Waals surface area contributed by atoms with E-state index in [-0.39, 0.29) is 24.0 Å². The molecule has 0 aliphatic carbocycles. The van der Waals surface area contributed by atoms with Gasteiger partial charge in [-0.3, -0.25) is 4.99 Å². The lowest BCUT2D eigenvalue weighted by Gasteiger charge is -2.33. The van der Waals surface area contributed by atoms with Crippen LogP contribution >= 0.6 is 24.0 Å². The summed E-state index contributed by atoms with van der Waals surface area (Å²) in [5, 5.41) is 10.6. The Kier molecular flexibility index (Phi) is 7.61. The number of rotatable bonds is 4. The van der Waals surface area contributed by atoms with Gasteiger partial charge in [-0.05, 0) is 31.9 Å². The number of halogens is 1. The van der Waals surface area contributed by atoms with Gasteiger partial charge in [0.15, 0.2) is 11.8 Å². The standard InChI is InChI=1S/C17H25N7O.HI/c1-12-5-4-6-16(20-12)24-9-7-14(8-10-24)22-17(18-3)19-11-15-21-13(2)25-23-15;/h4-6,14H,7-11H2,1-3H3,(H2,18,19,22);1H. The molecule has 0 saturated carbocycles. The highest BCUT2D eigenvalue weighted by Gasteiger charge is 2.21. The monoisotopic (exact) mass is 471 g/mol. The first-order chi connectivity index (χ1) is 12.1. The first-order valence-electron chi connectivity index (χ1n) is 8.59. The topological polar surface area (TPSA) is 91.5 Å². The van der Waals surface area contributed by atoms with E-state index in [9.17, 15) is 0 Å². The Morgan fingerprint density at radius 1 is 1.27 bits per heavy atom. The number of hydrogen-bond acceptors (Lipinski definition) is 6. The Morgan fingerprint density at radius 2 is 2.04 bits per heavy atom. The molecule has 0 unspecified atom stereocenters. The van der Waals surface area contributed by atoms with Crippen LogP contribution in [0.1, 0.15) is 30.3 Å². The van der Waals surface area contributed by atoms with Gasteiger partial charge in [-0.2, -0.15) is 4.98 Å². The summed E-state index contributed by atoms with van der Waals surface area (Å²) in [6, 6.07) is 6.56. The molecule has 0 radical (unpaired) electrons. The van der Waals surface area contributed by atoms with E-state index in [1.54, 1.807) is 14.0 Å². The Labute approximate surface area is 170 Å². The molecule has 0 atom stereocenters. The third-order valence-electron chi connectivity index (χ3n) is 4.24. The van der Waals surface area contributed by atoms with E-state index in [1.807, 2.05) is 13.0 Å². The summed E-state index contributed by atoms with van der Waals surface area (Å²) < 4.78 is 4.97. The maximum atomic E-state index is 4.97. The lowest BCUT2D eigenvalue weighted by molar-refractivity contribution is 0.386. The van der Waals surface area contributed by atoms with Crippen molar-refractivity contribution in [2.45, 2.75) is 39.3 Å². The van der Waals surface area contributed by atoms with Crippen molar-refractivity contribution < 1.29 is 4.52 Å². The molecule has 3 heterocycles. The van der Waals surface area contributed by atoms with Crippen LogP contribution in [0.5, 0.6) is 0 Å². The average Bonchev–Trinajstić information content (AvgIpc) is 3.04. The molecule has 1 fully saturated rings. The number of nitrogens with zero attached hydrogens (tertiary/aromatic N) is 5. The average molecular weight is 471 g/mol. The summed E-state index contributed by atoms with van der Waals surface area (Å²) in [5.41, 5.74) is 1.05. The van der Waals surface area contributed by atoms with E-state index in [0.717, 1.165) is 43.4 Å². The van der Waals surface area contributed by atoms with Gasteiger partial charge < -0.3 is 20.1 Å². The first kappa shape index (κ1) is 20.4. The van der Waals surface area contributed by atoms with Crippen molar-refractivity contribution in [2.24, 2.45) is 4.99 Å². The minimum absolute atomic E-state index is 0. The van der Waals surface area contributed by atoms with Crippen LogP contribution in [0, 0.1) is 13.8 Å². The third-order valence-corrected chi connectivity index (χ3v) is 4.24. The van der Waals surface area contributed by atoms with Crippen LogP contribution in [0.2, 0.25) is 0 Å². The maximum absolute atomic E-state index is 4.97. The Morgan fingerprint density at radius 3 is 2.65 bits per heavy atom. The van der Waals surface area contributed by atoms with Crippen LogP contribution in [-0.4, -0.2) is 47.3 Å². The highest BCUT2D eigenvalue weighted by molar-refractivity contribution is 14.0. The number of aryl methyl sites for hydroxylation is 2. The van der Waals surface area contributed by atoms with Gasteiger partial charge in [-0.1, -0.05) is 11.2 Å². The third kappa shape index (κ3) is 5.55. The zero-order chi connectivity index (χ0) is 17.6. The van der Waals surface area contributed by atoms with Gasteiger partial charge in [-0.15, -0.1) is 24.0 Å². The second-order valence-electron chi connectivity index (χ2n) is 6.20. The van der Waals surface area contributed by atoms with Crippen molar-refractivity contribution in [2.75, 3.05) is 25.0 Å². The fourth-order valence-corrected chi connectivity index (χ4v) is 2.92. The molecule has 3 rings (SSSR count). The summed E-state index contributed by atoms with van der Waals surface area (Å²) >= 11 is 0. The molecule has 9 heteroatoms. The molecule has 26 heavy (non-hydrogen) atoms. The SMILES string of the molecule is CN=C(NCc1noc(C)n1)NC1CCN(c2cccc(C)n2)CC1.I. The number of aliphatic imine (C=N–C) groups is 1. The molecule has 0 aromatic carbocycles. The largest absolute Gasteiger partial charge is 0.356 e. The minimum Gasteiger partial charge on any atom is -0.356 e. The zero-order valence-corrected chi connectivity index (χ0v) is 17.7. The summed E-state index contributed by atoms with van der Waals surface area (Å²) in [6.45, 7) is 6.26. The lowest BCUT2D eigenvalue weighted by atomic mass is 10.1. The van der Waals surface area contributed by atoms with Gasteiger partial charge in [0.2, 0.25) is 5.89 Å². The maximum Gasteiger partial charge on any atom is 0.223 e. The fraction of sp³-hybridized carbons (Fsp3) is 0.529. The summed E-state index contributed by atoms with van der Waals surface area (Å²) in [6.07, 6.45) is 2.08. The van der Waals surface area contributed by atoms with E-state index in [2.05, 4.69) is 47.8 Å². The number of anilines is 1. The molecule has 0 bridgehead atoms. The molecule has 0 spiro atoms. The van der Waals surface area contributed by atoms with Gasteiger partial charge in [0.25, 0.3) is 0 Å². The number of hydrogen-bond donors (Lipinski definition) is 2. The van der Waals surface area contributed by atoms with E-state index < -0.39 is 0 Å². The van der Waals surface area contributed by atoms with E-state index >= 15 is 0 Å². The second-order valence-corrected chi connectivity index (χ2v) is 6.20. The zero-order valence-electron chi connectivity index (χ0n) is 15.4. The predicted molar refractivity (Wildman–Crippen MR) is 112 cm³/mol. The molecule has 1 aliphatic heterocycles. The van der Waals surface area contributed by atoms with Gasteiger partial charge >= 0.3 is 0 Å². The molecule has 2 aromatic heterocycles. The molecule has 1 saturated heterocycles. The number of guanidine groups is 1. The van der Waals surface area contributed by atoms with Crippen LogP contribution < -0.4 is 15.5 Å². The Balaban J connectivity index is 0.00000243. The summed E-state index contributed by atoms with van der Waals surface area (Å²) in [5.74, 6) is 3.01. The van der Waals surface area contributed by atoms with E-state index in [0.29, 0.717) is 24.3 Å². The molecular weight excluding hydrogens is 445 g/mol. The summed E-state index contributed by atoms with van der Waals surface area (Å²) in [4.78, 5) is 15.4. The Bertz CT molecular complexity index is 725. The fourth-order valence-electron chi connectivity index (χ4n) is 2.92. The summed E-state index contributed by atoms with van der Waals surface area (Å²) in [7, 11) is 1.77. The molecule has 8 nitrogen and oxygen atoms in total. The normalized spacial score (nSPS) is 15.5. The van der Waals surface area contributed by atoms with Crippen molar-refractivity contribution in [3.63, 3.8) is 0 Å². The van der Waals surface area contributed by atoms with Gasteiger partial charge in [-0.25, -0.2) is 4.98 Å². The number of nitrogens with one attached hydrogen (secondary N) is 2. The van der Waals surface area contributed by atoms with Crippen LogP contribution in [0.4, 0.5) is 5.82 Å². The van der Waals surface area contributed by atoms with Gasteiger partial charge in [0.1, 0.15) is 5.82 Å². The number of aromatic nitrogens is 3.